The van der Waals surface area contributed by atoms with E-state index in [0.717, 1.165) is 0 Å². The molecule has 0 spiro atoms. The summed E-state index contributed by atoms with van der Waals surface area (Å²) in [7, 11) is 0. The SMILES string of the molecule is Cc1cnc(Cl)c(OCC(F)(F)F)c1N. The Morgan fingerprint density at radius 1 is 1.53 bits per heavy atom. The third kappa shape index (κ3) is 3.16. The van der Waals surface area contributed by atoms with Gasteiger partial charge in [-0.3, -0.25) is 0 Å². The van der Waals surface area contributed by atoms with Crippen molar-refractivity contribution in [3.63, 3.8) is 0 Å². The topological polar surface area (TPSA) is 48.1 Å². The number of halogens is 4. The monoisotopic (exact) mass is 240 g/mol. The van der Waals surface area contributed by atoms with E-state index in [2.05, 4.69) is 9.72 Å². The number of alkyl halides is 3. The highest BCUT2D eigenvalue weighted by atomic mass is 35.5. The Balaban J connectivity index is 2.90. The van der Waals surface area contributed by atoms with Crippen LogP contribution >= 0.6 is 11.6 Å². The molecule has 7 heteroatoms. The van der Waals surface area contributed by atoms with E-state index in [9.17, 15) is 13.2 Å². The van der Waals surface area contributed by atoms with Gasteiger partial charge in [0.25, 0.3) is 0 Å². The molecule has 15 heavy (non-hydrogen) atoms. The third-order valence-electron chi connectivity index (χ3n) is 1.61. The zero-order valence-electron chi connectivity index (χ0n) is 7.73. The van der Waals surface area contributed by atoms with Gasteiger partial charge in [-0.1, -0.05) is 11.6 Å². The van der Waals surface area contributed by atoms with Gasteiger partial charge in [0.2, 0.25) is 0 Å². The first-order valence-electron chi connectivity index (χ1n) is 3.91. The van der Waals surface area contributed by atoms with E-state index in [1.54, 1.807) is 6.92 Å². The molecule has 0 atom stereocenters. The maximum Gasteiger partial charge on any atom is 0.422 e. The van der Waals surface area contributed by atoms with Crippen molar-refractivity contribution in [3.8, 4) is 5.75 Å². The van der Waals surface area contributed by atoms with Crippen molar-refractivity contribution in [3.05, 3.63) is 16.9 Å². The molecule has 0 aliphatic heterocycles. The smallest absolute Gasteiger partial charge is 0.422 e. The molecule has 0 fully saturated rings. The lowest BCUT2D eigenvalue weighted by Crippen LogP contribution is -2.20. The highest BCUT2D eigenvalue weighted by molar-refractivity contribution is 6.31. The van der Waals surface area contributed by atoms with Crippen molar-refractivity contribution in [2.24, 2.45) is 0 Å². The number of nitrogens with two attached hydrogens (primary N) is 1. The first kappa shape index (κ1) is 11.9. The van der Waals surface area contributed by atoms with Crippen molar-refractivity contribution in [1.29, 1.82) is 0 Å². The number of anilines is 1. The predicted molar refractivity (Wildman–Crippen MR) is 49.9 cm³/mol. The minimum absolute atomic E-state index is 0.0688. The highest BCUT2D eigenvalue weighted by Crippen LogP contribution is 2.32. The number of aromatic nitrogens is 1. The summed E-state index contributed by atoms with van der Waals surface area (Å²) in [6.45, 7) is 0.154. The van der Waals surface area contributed by atoms with Crippen LogP contribution in [-0.4, -0.2) is 17.8 Å². The quantitative estimate of drug-likeness (QED) is 0.809. The maximum atomic E-state index is 11.9. The zero-order chi connectivity index (χ0) is 11.6. The number of hydrogen-bond donors (Lipinski definition) is 1. The number of hydrogen-bond acceptors (Lipinski definition) is 3. The van der Waals surface area contributed by atoms with Crippen LogP contribution in [0.15, 0.2) is 6.20 Å². The molecule has 1 aromatic heterocycles. The summed E-state index contributed by atoms with van der Waals surface area (Å²) < 4.78 is 40.1. The van der Waals surface area contributed by atoms with Crippen LogP contribution in [0.2, 0.25) is 5.15 Å². The lowest BCUT2D eigenvalue weighted by molar-refractivity contribution is -0.153. The standard InChI is InChI=1S/C8H8ClF3N2O/c1-4-2-14-7(9)6(5(4)13)15-3-8(10,11)12/h2H,3H2,1H3,(H2,13,14). The molecule has 0 aliphatic carbocycles. The van der Waals surface area contributed by atoms with Crippen LogP contribution in [0.25, 0.3) is 0 Å². The Hall–Kier alpha value is -1.17. The van der Waals surface area contributed by atoms with Crippen LogP contribution in [-0.2, 0) is 0 Å². The Kier molecular flexibility index (Phi) is 3.28. The number of pyridine rings is 1. The normalized spacial score (nSPS) is 11.5. The Morgan fingerprint density at radius 2 is 2.13 bits per heavy atom. The molecule has 0 unspecified atom stereocenters. The minimum atomic E-state index is -4.43. The first-order valence-corrected chi connectivity index (χ1v) is 4.29. The minimum Gasteiger partial charge on any atom is -0.479 e. The summed E-state index contributed by atoms with van der Waals surface area (Å²) in [4.78, 5) is 3.63. The van der Waals surface area contributed by atoms with Gasteiger partial charge in [-0.15, -0.1) is 0 Å². The van der Waals surface area contributed by atoms with Gasteiger partial charge in [0, 0.05) is 6.20 Å². The van der Waals surface area contributed by atoms with Crippen molar-refractivity contribution in [1.82, 2.24) is 4.98 Å². The molecule has 1 heterocycles. The van der Waals surface area contributed by atoms with Crippen LogP contribution in [0, 0.1) is 6.92 Å². The van der Waals surface area contributed by atoms with Crippen molar-refractivity contribution >= 4 is 17.3 Å². The van der Waals surface area contributed by atoms with Crippen LogP contribution in [0.1, 0.15) is 5.56 Å². The lowest BCUT2D eigenvalue weighted by Gasteiger charge is -2.12. The summed E-state index contributed by atoms with van der Waals surface area (Å²) in [5.41, 5.74) is 6.08. The molecule has 1 aromatic rings. The van der Waals surface area contributed by atoms with Gasteiger partial charge in [0.05, 0.1) is 5.69 Å². The van der Waals surface area contributed by atoms with Crippen LogP contribution in [0.3, 0.4) is 0 Å². The molecule has 3 nitrogen and oxygen atoms in total. The van der Waals surface area contributed by atoms with E-state index in [4.69, 9.17) is 17.3 Å². The Bertz CT molecular complexity index is 368. The van der Waals surface area contributed by atoms with Gasteiger partial charge in [-0.25, -0.2) is 4.98 Å². The number of aryl methyl sites for hydroxylation is 1. The number of nitrogens with zero attached hydrogens (tertiary/aromatic N) is 1. The fourth-order valence-corrected chi connectivity index (χ4v) is 1.07. The second-order valence-corrected chi connectivity index (χ2v) is 3.24. The number of nitrogen functional groups attached to an aromatic ring is 1. The molecule has 2 N–H and O–H groups in total. The average molecular weight is 241 g/mol. The lowest BCUT2D eigenvalue weighted by atomic mass is 10.2. The summed E-state index contributed by atoms with van der Waals surface area (Å²) in [5.74, 6) is -0.228. The molecule has 0 radical (unpaired) electrons. The Morgan fingerprint density at radius 3 is 2.67 bits per heavy atom. The van der Waals surface area contributed by atoms with Crippen LogP contribution < -0.4 is 10.5 Å². The van der Waals surface area contributed by atoms with Crippen LogP contribution in [0.4, 0.5) is 18.9 Å². The van der Waals surface area contributed by atoms with E-state index in [0.29, 0.717) is 5.56 Å². The average Bonchev–Trinajstić information content (AvgIpc) is 2.10. The molecular formula is C8H8ClF3N2O. The van der Waals surface area contributed by atoms with Gasteiger partial charge < -0.3 is 10.5 Å². The van der Waals surface area contributed by atoms with E-state index in [1.807, 2.05) is 0 Å². The molecule has 84 valence electrons. The van der Waals surface area contributed by atoms with Gasteiger partial charge in [0.15, 0.2) is 17.5 Å². The summed E-state index contributed by atoms with van der Waals surface area (Å²) in [5, 5.41) is -0.178. The molecule has 0 aromatic carbocycles. The fraction of sp³-hybridized carbons (Fsp3) is 0.375. The maximum absolute atomic E-state index is 11.9. The van der Waals surface area contributed by atoms with Gasteiger partial charge in [0.1, 0.15) is 0 Å². The van der Waals surface area contributed by atoms with Crippen LogP contribution in [0.5, 0.6) is 5.75 Å². The van der Waals surface area contributed by atoms with E-state index in [1.165, 1.54) is 6.20 Å². The number of ether oxygens (including phenoxy) is 1. The second kappa shape index (κ2) is 4.14. The molecule has 0 saturated carbocycles. The zero-order valence-corrected chi connectivity index (χ0v) is 8.49. The van der Waals surface area contributed by atoms with E-state index < -0.39 is 12.8 Å². The van der Waals surface area contributed by atoms with E-state index in [-0.39, 0.29) is 16.6 Å². The van der Waals surface area contributed by atoms with Gasteiger partial charge >= 0.3 is 6.18 Å². The van der Waals surface area contributed by atoms with Crippen molar-refractivity contribution in [2.45, 2.75) is 13.1 Å². The van der Waals surface area contributed by atoms with E-state index >= 15 is 0 Å². The van der Waals surface area contributed by atoms with Gasteiger partial charge in [-0.05, 0) is 12.5 Å². The third-order valence-corrected chi connectivity index (χ3v) is 1.88. The molecular weight excluding hydrogens is 233 g/mol. The molecule has 0 amide bonds. The molecule has 0 saturated heterocycles. The van der Waals surface area contributed by atoms with Crippen molar-refractivity contribution in [2.75, 3.05) is 12.3 Å². The summed E-state index contributed by atoms with van der Waals surface area (Å²) in [6, 6.07) is 0. The number of rotatable bonds is 2. The molecule has 1 rings (SSSR count). The fourth-order valence-electron chi connectivity index (χ4n) is 0.863. The Labute approximate surface area is 89.0 Å². The largest absolute Gasteiger partial charge is 0.479 e. The summed E-state index contributed by atoms with van der Waals surface area (Å²) in [6.07, 6.45) is -3.07. The van der Waals surface area contributed by atoms with Gasteiger partial charge in [-0.2, -0.15) is 13.2 Å². The molecule has 0 bridgehead atoms. The predicted octanol–water partition coefficient (Wildman–Crippen LogP) is 2.57. The molecule has 0 aliphatic rings. The van der Waals surface area contributed by atoms with Crippen molar-refractivity contribution < 1.29 is 17.9 Å². The highest BCUT2D eigenvalue weighted by Gasteiger charge is 2.29. The second-order valence-electron chi connectivity index (χ2n) is 2.88. The summed E-state index contributed by atoms with van der Waals surface area (Å²) >= 11 is 5.55. The first-order chi connectivity index (χ1) is 6.81.